The predicted molar refractivity (Wildman–Crippen MR) is 75.6 cm³/mol. The minimum absolute atomic E-state index is 0.236. The molecule has 1 aromatic carbocycles. The summed E-state index contributed by atoms with van der Waals surface area (Å²) in [6, 6.07) is 6.09. The Balaban J connectivity index is 2.22. The van der Waals surface area contributed by atoms with Crippen LogP contribution in [0.2, 0.25) is 0 Å². The minimum Gasteiger partial charge on any atom is -0.399 e. The normalized spacial score (nSPS) is 19.7. The van der Waals surface area contributed by atoms with E-state index in [-0.39, 0.29) is 11.9 Å². The first-order valence-electron chi connectivity index (χ1n) is 6.73. The average molecular weight is 246 g/mol. The molecule has 3 nitrogen and oxygen atoms in total. The Bertz CT molecular complexity index is 456. The molecule has 0 spiro atoms. The maximum absolute atomic E-state index is 12.4. The Morgan fingerprint density at radius 3 is 2.94 bits per heavy atom. The molecule has 98 valence electrons. The first-order chi connectivity index (χ1) is 8.52. The lowest BCUT2D eigenvalue weighted by Gasteiger charge is -2.24. The van der Waals surface area contributed by atoms with E-state index < -0.39 is 0 Å². The van der Waals surface area contributed by atoms with E-state index in [2.05, 4.69) is 20.8 Å². The van der Waals surface area contributed by atoms with E-state index >= 15 is 0 Å². The van der Waals surface area contributed by atoms with Gasteiger partial charge in [0.15, 0.2) is 0 Å². The summed E-state index contributed by atoms with van der Waals surface area (Å²) in [5.41, 5.74) is 8.81. The number of benzene rings is 1. The summed E-state index contributed by atoms with van der Waals surface area (Å²) >= 11 is 0. The highest BCUT2D eigenvalue weighted by Gasteiger charge is 2.31. The van der Waals surface area contributed by atoms with Gasteiger partial charge in [-0.1, -0.05) is 20.3 Å². The molecule has 0 saturated heterocycles. The molecule has 1 aromatic rings. The number of nitrogens with two attached hydrogens (primary N) is 1. The van der Waals surface area contributed by atoms with Gasteiger partial charge in [0.2, 0.25) is 5.91 Å². The molecular weight excluding hydrogens is 224 g/mol. The van der Waals surface area contributed by atoms with Gasteiger partial charge in [0, 0.05) is 23.8 Å². The van der Waals surface area contributed by atoms with Crippen molar-refractivity contribution >= 4 is 17.3 Å². The summed E-state index contributed by atoms with van der Waals surface area (Å²) in [4.78, 5) is 14.3. The third kappa shape index (κ3) is 2.35. The summed E-state index contributed by atoms with van der Waals surface area (Å²) in [7, 11) is 0. The van der Waals surface area contributed by atoms with Crippen molar-refractivity contribution in [3.05, 3.63) is 23.8 Å². The van der Waals surface area contributed by atoms with E-state index in [0.29, 0.717) is 12.3 Å². The standard InChI is InChI=1S/C15H22N2O/c1-4-10(2)7-15(18)17-11(3)8-12-9-13(16)5-6-14(12)17/h5-6,9-11H,4,7-8,16H2,1-3H3. The maximum atomic E-state index is 12.4. The minimum atomic E-state index is 0.236. The Morgan fingerprint density at radius 1 is 1.56 bits per heavy atom. The van der Waals surface area contributed by atoms with Gasteiger partial charge in [-0.2, -0.15) is 0 Å². The Morgan fingerprint density at radius 2 is 2.28 bits per heavy atom. The van der Waals surface area contributed by atoms with Crippen LogP contribution in [0.4, 0.5) is 11.4 Å². The highest BCUT2D eigenvalue weighted by molar-refractivity contribution is 5.96. The number of carbonyl (C=O) groups excluding carboxylic acids is 1. The monoisotopic (exact) mass is 246 g/mol. The SMILES string of the molecule is CCC(C)CC(=O)N1c2ccc(N)cc2CC1C. The number of anilines is 2. The number of rotatable bonds is 3. The Labute approximate surface area is 109 Å². The van der Waals surface area contributed by atoms with Gasteiger partial charge in [0.05, 0.1) is 0 Å². The van der Waals surface area contributed by atoms with Crippen molar-refractivity contribution in [3.8, 4) is 0 Å². The smallest absolute Gasteiger partial charge is 0.227 e. The zero-order valence-electron chi connectivity index (χ0n) is 11.4. The molecule has 0 bridgehead atoms. The molecule has 1 amide bonds. The summed E-state index contributed by atoms with van der Waals surface area (Å²) in [5.74, 6) is 0.683. The van der Waals surface area contributed by atoms with Gasteiger partial charge in [0.25, 0.3) is 0 Å². The van der Waals surface area contributed by atoms with E-state index in [1.54, 1.807) is 0 Å². The van der Waals surface area contributed by atoms with Gasteiger partial charge in [-0.15, -0.1) is 0 Å². The highest BCUT2D eigenvalue weighted by atomic mass is 16.2. The molecule has 18 heavy (non-hydrogen) atoms. The number of nitrogens with zero attached hydrogens (tertiary/aromatic N) is 1. The topological polar surface area (TPSA) is 46.3 Å². The fourth-order valence-corrected chi connectivity index (χ4v) is 2.57. The number of hydrogen-bond acceptors (Lipinski definition) is 2. The van der Waals surface area contributed by atoms with Crippen molar-refractivity contribution in [3.63, 3.8) is 0 Å². The van der Waals surface area contributed by atoms with Crippen LogP contribution in [0.25, 0.3) is 0 Å². The fraction of sp³-hybridized carbons (Fsp3) is 0.533. The van der Waals surface area contributed by atoms with Crippen LogP contribution < -0.4 is 10.6 Å². The van der Waals surface area contributed by atoms with Crippen LogP contribution in [-0.2, 0) is 11.2 Å². The molecule has 2 atom stereocenters. The zero-order chi connectivity index (χ0) is 13.3. The molecule has 2 N–H and O–H groups in total. The molecule has 1 heterocycles. The molecule has 0 fully saturated rings. The predicted octanol–water partition coefficient (Wildman–Crippen LogP) is 2.98. The van der Waals surface area contributed by atoms with E-state index in [4.69, 9.17) is 5.73 Å². The molecule has 1 aliphatic heterocycles. The third-order valence-corrected chi connectivity index (χ3v) is 3.81. The van der Waals surface area contributed by atoms with E-state index in [9.17, 15) is 4.79 Å². The summed E-state index contributed by atoms with van der Waals surface area (Å²) in [5, 5.41) is 0. The molecule has 1 aliphatic rings. The van der Waals surface area contributed by atoms with Crippen molar-refractivity contribution in [2.75, 3.05) is 10.6 Å². The Hall–Kier alpha value is -1.51. The first-order valence-corrected chi connectivity index (χ1v) is 6.73. The quantitative estimate of drug-likeness (QED) is 0.833. The fourth-order valence-electron chi connectivity index (χ4n) is 2.57. The summed E-state index contributed by atoms with van der Waals surface area (Å²) in [6.07, 6.45) is 2.58. The lowest BCUT2D eigenvalue weighted by atomic mass is 10.0. The van der Waals surface area contributed by atoms with E-state index in [1.165, 1.54) is 5.56 Å². The number of amides is 1. The number of carbonyl (C=O) groups is 1. The molecule has 0 aliphatic carbocycles. The summed E-state index contributed by atoms with van der Waals surface area (Å²) < 4.78 is 0. The molecule has 0 radical (unpaired) electrons. The van der Waals surface area contributed by atoms with Crippen LogP contribution >= 0.6 is 0 Å². The molecular formula is C15H22N2O. The van der Waals surface area contributed by atoms with Crippen LogP contribution in [0.5, 0.6) is 0 Å². The van der Waals surface area contributed by atoms with Gasteiger partial charge in [-0.3, -0.25) is 4.79 Å². The second-order valence-electron chi connectivity index (χ2n) is 5.42. The molecule has 3 heteroatoms. The largest absolute Gasteiger partial charge is 0.399 e. The lowest BCUT2D eigenvalue weighted by Crippen LogP contribution is -2.36. The van der Waals surface area contributed by atoms with Crippen molar-refractivity contribution < 1.29 is 4.79 Å². The van der Waals surface area contributed by atoms with Gasteiger partial charge in [-0.05, 0) is 43.0 Å². The van der Waals surface area contributed by atoms with E-state index in [1.807, 2.05) is 23.1 Å². The number of hydrogen-bond donors (Lipinski definition) is 1. The lowest BCUT2D eigenvalue weighted by molar-refractivity contribution is -0.119. The molecule has 0 saturated carbocycles. The first kappa shape index (κ1) is 12.9. The second kappa shape index (κ2) is 5.01. The van der Waals surface area contributed by atoms with Gasteiger partial charge in [0.1, 0.15) is 0 Å². The maximum Gasteiger partial charge on any atom is 0.227 e. The van der Waals surface area contributed by atoms with Crippen molar-refractivity contribution in [1.29, 1.82) is 0 Å². The molecule has 0 aromatic heterocycles. The summed E-state index contributed by atoms with van der Waals surface area (Å²) in [6.45, 7) is 6.35. The van der Waals surface area contributed by atoms with Crippen LogP contribution in [-0.4, -0.2) is 11.9 Å². The molecule has 2 rings (SSSR count). The van der Waals surface area contributed by atoms with E-state index in [0.717, 1.165) is 24.2 Å². The second-order valence-corrected chi connectivity index (χ2v) is 5.42. The van der Waals surface area contributed by atoms with Crippen LogP contribution in [0.1, 0.15) is 39.2 Å². The van der Waals surface area contributed by atoms with Crippen molar-refractivity contribution in [2.45, 2.75) is 46.1 Å². The van der Waals surface area contributed by atoms with Gasteiger partial charge >= 0.3 is 0 Å². The van der Waals surface area contributed by atoms with Gasteiger partial charge < -0.3 is 10.6 Å². The third-order valence-electron chi connectivity index (χ3n) is 3.81. The number of nitrogen functional groups attached to an aromatic ring is 1. The van der Waals surface area contributed by atoms with Crippen LogP contribution in [0.15, 0.2) is 18.2 Å². The van der Waals surface area contributed by atoms with Gasteiger partial charge in [-0.25, -0.2) is 0 Å². The van der Waals surface area contributed by atoms with Crippen LogP contribution in [0, 0.1) is 5.92 Å². The zero-order valence-corrected chi connectivity index (χ0v) is 11.4. The number of fused-ring (bicyclic) bond motifs is 1. The highest BCUT2D eigenvalue weighted by Crippen LogP contribution is 2.34. The van der Waals surface area contributed by atoms with Crippen molar-refractivity contribution in [1.82, 2.24) is 0 Å². The van der Waals surface area contributed by atoms with Crippen LogP contribution in [0.3, 0.4) is 0 Å². The van der Waals surface area contributed by atoms with Crippen molar-refractivity contribution in [2.24, 2.45) is 5.92 Å². The molecule has 2 unspecified atom stereocenters. The Kier molecular flexibility index (Phi) is 3.60. The average Bonchev–Trinajstić information content (AvgIpc) is 2.63.